The second kappa shape index (κ2) is 15.1. The van der Waals surface area contributed by atoms with Crippen molar-refractivity contribution in [3.05, 3.63) is 120 Å². The molecule has 0 saturated carbocycles. The van der Waals surface area contributed by atoms with Crippen molar-refractivity contribution in [2.45, 2.75) is 71.1 Å². The van der Waals surface area contributed by atoms with E-state index >= 15 is 0 Å². The molecule has 0 fully saturated rings. The van der Waals surface area contributed by atoms with E-state index in [0.717, 1.165) is 23.6 Å². The van der Waals surface area contributed by atoms with E-state index in [9.17, 15) is 9.90 Å². The Labute approximate surface area is 307 Å². The lowest BCUT2D eigenvalue weighted by Gasteiger charge is -2.43. The molecular formula is C41H49N5O4Si2. The van der Waals surface area contributed by atoms with Gasteiger partial charge >= 0.3 is 5.69 Å². The van der Waals surface area contributed by atoms with Crippen LogP contribution in [0, 0.1) is 0 Å². The van der Waals surface area contributed by atoms with Crippen molar-refractivity contribution in [2.24, 2.45) is 0 Å². The van der Waals surface area contributed by atoms with Gasteiger partial charge in [0.2, 0.25) is 0 Å². The lowest BCUT2D eigenvalue weighted by atomic mass is 10.0. The summed E-state index contributed by atoms with van der Waals surface area (Å²) in [6, 6.07) is 29.3. The summed E-state index contributed by atoms with van der Waals surface area (Å²) in [5.74, 6) is 0.283. The molecule has 6 rings (SSSR count). The molecule has 11 heteroatoms. The number of benzene rings is 2. The Hall–Kier alpha value is -4.69. The predicted molar refractivity (Wildman–Crippen MR) is 216 cm³/mol. The Morgan fingerprint density at radius 2 is 1.52 bits per heavy atom. The summed E-state index contributed by atoms with van der Waals surface area (Å²) < 4.78 is 15.9. The van der Waals surface area contributed by atoms with E-state index in [1.807, 2.05) is 12.1 Å². The summed E-state index contributed by atoms with van der Waals surface area (Å²) in [5, 5.41) is 13.3. The Balaban J connectivity index is 1.27. The highest BCUT2D eigenvalue weighted by Gasteiger charge is 2.50. The number of rotatable bonds is 14. The average molecular weight is 732 g/mol. The van der Waals surface area contributed by atoms with Crippen LogP contribution in [0.2, 0.25) is 30.7 Å². The van der Waals surface area contributed by atoms with Crippen LogP contribution >= 0.6 is 0 Å². The second-order valence-electron chi connectivity index (χ2n) is 15.5. The maximum atomic E-state index is 13.9. The van der Waals surface area contributed by atoms with Crippen LogP contribution in [-0.2, 0) is 15.9 Å². The molecule has 4 aromatic heterocycles. The zero-order chi connectivity index (χ0) is 37.1. The predicted octanol–water partition coefficient (Wildman–Crippen LogP) is 7.52. The minimum absolute atomic E-state index is 0.0242. The largest absolute Gasteiger partial charge is 0.506 e. The molecule has 0 unspecified atom stereocenters. The molecule has 0 aliphatic carbocycles. The van der Waals surface area contributed by atoms with Gasteiger partial charge < -0.3 is 14.3 Å². The molecule has 6 aromatic rings. The van der Waals surface area contributed by atoms with E-state index in [1.165, 1.54) is 31.8 Å². The Morgan fingerprint density at radius 1 is 0.865 bits per heavy atom. The molecule has 0 amide bonds. The molecule has 0 aliphatic rings. The van der Waals surface area contributed by atoms with Gasteiger partial charge in [-0.1, -0.05) is 108 Å². The molecule has 9 nitrogen and oxygen atoms in total. The van der Waals surface area contributed by atoms with Crippen molar-refractivity contribution < 1.29 is 14.3 Å². The molecule has 0 aliphatic heterocycles. The highest BCUT2D eigenvalue weighted by molar-refractivity contribution is 6.99. The number of allylic oxidation sites excluding steroid dienone is 1. The third-order valence-corrected chi connectivity index (χ3v) is 16.3. The summed E-state index contributed by atoms with van der Waals surface area (Å²) in [7, 11) is -3.98. The molecule has 1 N–H and O–H groups in total. The molecule has 0 spiro atoms. The van der Waals surface area contributed by atoms with Crippen molar-refractivity contribution in [2.75, 3.05) is 13.2 Å². The molecule has 0 radical (unpaired) electrons. The second-order valence-corrected chi connectivity index (χ2v) is 25.4. The average Bonchev–Trinajstić information content (AvgIpc) is 3.41. The Morgan fingerprint density at radius 3 is 2.15 bits per heavy atom. The molecule has 4 heterocycles. The minimum atomic E-state index is -2.66. The minimum Gasteiger partial charge on any atom is -0.506 e. The van der Waals surface area contributed by atoms with Gasteiger partial charge in [-0.2, -0.15) is 0 Å². The number of aromatic nitrogens is 5. The number of pyridine rings is 3. The van der Waals surface area contributed by atoms with Crippen molar-refractivity contribution in [3.8, 4) is 11.6 Å². The van der Waals surface area contributed by atoms with Gasteiger partial charge in [0.15, 0.2) is 5.65 Å². The van der Waals surface area contributed by atoms with Crippen LogP contribution in [0.25, 0.3) is 33.6 Å². The fourth-order valence-corrected chi connectivity index (χ4v) is 12.2. The van der Waals surface area contributed by atoms with Crippen molar-refractivity contribution >= 4 is 54.5 Å². The molecule has 270 valence electrons. The van der Waals surface area contributed by atoms with Crippen LogP contribution < -0.4 is 16.1 Å². The van der Waals surface area contributed by atoms with Gasteiger partial charge in [-0.15, -0.1) is 0 Å². The van der Waals surface area contributed by atoms with Crippen molar-refractivity contribution in [3.63, 3.8) is 0 Å². The van der Waals surface area contributed by atoms with Gasteiger partial charge in [-0.3, -0.25) is 9.55 Å². The zero-order valence-electron chi connectivity index (χ0n) is 31.1. The smallest absolute Gasteiger partial charge is 0.338 e. The zero-order valence-corrected chi connectivity index (χ0v) is 33.1. The Kier molecular flexibility index (Phi) is 10.8. The fourth-order valence-electron chi connectivity index (χ4n) is 6.85. The van der Waals surface area contributed by atoms with Gasteiger partial charge in [0.05, 0.1) is 11.0 Å². The van der Waals surface area contributed by atoms with Gasteiger partial charge in [0.1, 0.15) is 23.8 Å². The van der Waals surface area contributed by atoms with Crippen molar-refractivity contribution in [1.29, 1.82) is 0 Å². The third kappa shape index (κ3) is 7.45. The van der Waals surface area contributed by atoms with Crippen LogP contribution in [0.15, 0.2) is 109 Å². The van der Waals surface area contributed by atoms with Crippen LogP contribution in [0.3, 0.4) is 0 Å². The number of imidazole rings is 1. The van der Waals surface area contributed by atoms with Crippen LogP contribution in [0.1, 0.15) is 39.2 Å². The van der Waals surface area contributed by atoms with Gasteiger partial charge in [-0.25, -0.2) is 19.3 Å². The highest BCUT2D eigenvalue weighted by Crippen LogP contribution is 2.37. The summed E-state index contributed by atoms with van der Waals surface area (Å²) in [4.78, 5) is 27.9. The summed E-state index contributed by atoms with van der Waals surface area (Å²) in [5.41, 5.74) is 3.27. The first-order chi connectivity index (χ1) is 24.8. The lowest BCUT2D eigenvalue weighted by Crippen LogP contribution is -2.66. The van der Waals surface area contributed by atoms with Gasteiger partial charge in [-0.05, 0) is 58.1 Å². The number of hydrogen-bond donors (Lipinski definition) is 1. The molecule has 0 bridgehead atoms. The topological polar surface area (TPSA) is 104 Å². The van der Waals surface area contributed by atoms with E-state index in [1.54, 1.807) is 12.3 Å². The third-order valence-electron chi connectivity index (χ3n) is 9.54. The molecule has 2 aromatic carbocycles. The van der Waals surface area contributed by atoms with E-state index in [4.69, 9.17) is 14.1 Å². The van der Waals surface area contributed by atoms with E-state index in [0.29, 0.717) is 42.1 Å². The first-order valence-corrected chi connectivity index (χ1v) is 23.5. The van der Waals surface area contributed by atoms with E-state index < -0.39 is 22.1 Å². The maximum Gasteiger partial charge on any atom is 0.338 e. The maximum absolute atomic E-state index is 13.9. The number of hydrogen-bond acceptors (Lipinski definition) is 7. The molecule has 0 atom stereocenters. The number of ether oxygens (including phenoxy) is 1. The highest BCUT2D eigenvalue weighted by atomic mass is 28.4. The van der Waals surface area contributed by atoms with Gasteiger partial charge in [0.25, 0.3) is 8.32 Å². The standard InChI is InChI=1S/C41H49N5O4Si2/c1-30(15-14-26-50-52(41(2,3)4,31-16-10-8-11-17-31)32-18-12-9-13-19-32)33-22-24-42-34-20-21-36(44-37(33)34)46-38-35(47)23-25-43-39(38)45(40(46)48)29-49-27-28-51(5,6)7/h8-13,16-25H,1,14-15,26-29H2,2-7H3,(H,43,47). The summed E-state index contributed by atoms with van der Waals surface area (Å²) in [6.07, 6.45) is 4.69. The quantitative estimate of drug-likeness (QED) is 0.0914. The van der Waals surface area contributed by atoms with E-state index in [2.05, 4.69) is 118 Å². The van der Waals surface area contributed by atoms with Crippen molar-refractivity contribution in [1.82, 2.24) is 24.1 Å². The van der Waals surface area contributed by atoms with Crippen LogP contribution in [0.5, 0.6) is 5.75 Å². The number of nitrogens with zero attached hydrogens (tertiary/aromatic N) is 5. The SMILES string of the molecule is C=C(CCCO[Si](c1ccccc1)(c1ccccc1)C(C)(C)C)c1ccnc2ccc(-n3c(=O)n(COCC[Si](C)(C)C)c4nccc(O)c43)nc12. The number of aromatic hydroxyl groups is 1. The molecule has 0 saturated heterocycles. The first-order valence-electron chi connectivity index (χ1n) is 17.9. The molecular weight excluding hydrogens is 683 g/mol. The van der Waals surface area contributed by atoms with Crippen LogP contribution in [-0.4, -0.2) is 58.8 Å². The van der Waals surface area contributed by atoms with Gasteiger partial charge in [0, 0.05) is 45.3 Å². The fraction of sp³-hybridized carbons (Fsp3) is 0.317. The lowest BCUT2D eigenvalue weighted by molar-refractivity contribution is 0.0871. The number of fused-ring (bicyclic) bond motifs is 2. The van der Waals surface area contributed by atoms with E-state index in [-0.39, 0.29) is 23.0 Å². The monoisotopic (exact) mass is 731 g/mol. The normalized spacial score (nSPS) is 12.5. The summed E-state index contributed by atoms with van der Waals surface area (Å²) >= 11 is 0. The molecule has 52 heavy (non-hydrogen) atoms. The Bertz CT molecular complexity index is 2200. The van der Waals surface area contributed by atoms with Crippen LogP contribution in [0.4, 0.5) is 0 Å². The summed E-state index contributed by atoms with van der Waals surface area (Å²) in [6.45, 7) is 19.3. The first kappa shape index (κ1) is 37.1.